The first-order chi connectivity index (χ1) is 4.30. The number of piperazine rings is 1. The molecule has 54 valence electrons. The maximum atomic E-state index is 2.41. The monoisotopic (exact) mass is 130 g/mol. The van der Waals surface area contributed by atoms with Crippen molar-refractivity contribution in [2.45, 2.75) is 19.9 Å². The predicted octanol–water partition coefficient (Wildman–Crippen LogP) is -2.14. The highest BCUT2D eigenvalue weighted by Gasteiger charge is 2.17. The molecular weight excluding hydrogens is 112 g/mol. The molecule has 0 atom stereocenters. The number of nitrogens with two attached hydrogens (primary N) is 1. The molecule has 1 fully saturated rings. The number of quaternary nitrogens is 2. The molecule has 1 saturated heterocycles. The molecule has 0 aromatic heterocycles. The fraction of sp³-hybridized carbons (Fsp3) is 1.00. The van der Waals surface area contributed by atoms with E-state index in [-0.39, 0.29) is 0 Å². The van der Waals surface area contributed by atoms with E-state index in [0.717, 1.165) is 6.04 Å². The van der Waals surface area contributed by atoms with E-state index in [4.69, 9.17) is 0 Å². The predicted molar refractivity (Wildman–Crippen MR) is 37.5 cm³/mol. The lowest BCUT2D eigenvalue weighted by Crippen LogP contribution is -3.22. The smallest absolute Gasteiger partial charge is 0.127 e. The van der Waals surface area contributed by atoms with Gasteiger partial charge in [-0.05, 0) is 13.8 Å². The van der Waals surface area contributed by atoms with Crippen LogP contribution in [0.2, 0.25) is 0 Å². The molecule has 0 saturated carbocycles. The Morgan fingerprint density at radius 2 is 1.78 bits per heavy atom. The van der Waals surface area contributed by atoms with Crippen LogP contribution in [0.1, 0.15) is 13.8 Å². The molecule has 0 aliphatic carbocycles. The zero-order chi connectivity index (χ0) is 6.69. The van der Waals surface area contributed by atoms with E-state index in [0.29, 0.717) is 0 Å². The average Bonchev–Trinajstić information content (AvgIpc) is 1.90. The molecule has 9 heavy (non-hydrogen) atoms. The summed E-state index contributed by atoms with van der Waals surface area (Å²) in [6.45, 7) is 9.98. The van der Waals surface area contributed by atoms with Crippen molar-refractivity contribution in [1.82, 2.24) is 0 Å². The zero-order valence-corrected chi connectivity index (χ0v) is 6.48. The summed E-state index contributed by atoms with van der Waals surface area (Å²) >= 11 is 0. The average molecular weight is 130 g/mol. The zero-order valence-electron chi connectivity index (χ0n) is 6.48. The first kappa shape index (κ1) is 7.03. The van der Waals surface area contributed by atoms with E-state index in [1.807, 2.05) is 0 Å². The second-order valence-electron chi connectivity index (χ2n) is 3.18. The molecule has 0 aromatic rings. The molecule has 3 N–H and O–H groups in total. The van der Waals surface area contributed by atoms with Gasteiger partial charge >= 0.3 is 0 Å². The van der Waals surface area contributed by atoms with Gasteiger partial charge in [0.15, 0.2) is 0 Å². The van der Waals surface area contributed by atoms with Crippen LogP contribution in [-0.4, -0.2) is 32.2 Å². The molecule has 0 aromatic carbocycles. The van der Waals surface area contributed by atoms with Gasteiger partial charge in [-0.25, -0.2) is 0 Å². The lowest BCUT2D eigenvalue weighted by molar-refractivity contribution is -0.963. The second-order valence-corrected chi connectivity index (χ2v) is 3.18. The Labute approximate surface area is 57.2 Å². The largest absolute Gasteiger partial charge is 0.337 e. The van der Waals surface area contributed by atoms with E-state index >= 15 is 0 Å². The summed E-state index contributed by atoms with van der Waals surface area (Å²) < 4.78 is 0. The molecule has 0 spiro atoms. The highest BCUT2D eigenvalue weighted by Crippen LogP contribution is 1.67. The van der Waals surface area contributed by atoms with Crippen molar-refractivity contribution < 1.29 is 10.2 Å². The van der Waals surface area contributed by atoms with Crippen LogP contribution < -0.4 is 10.2 Å². The van der Waals surface area contributed by atoms with Gasteiger partial charge in [0.05, 0.1) is 6.04 Å². The summed E-state index contributed by atoms with van der Waals surface area (Å²) in [6.07, 6.45) is 0. The van der Waals surface area contributed by atoms with Gasteiger partial charge < -0.3 is 10.2 Å². The quantitative estimate of drug-likeness (QED) is 0.404. The maximum absolute atomic E-state index is 2.41. The van der Waals surface area contributed by atoms with E-state index in [2.05, 4.69) is 19.2 Å². The lowest BCUT2D eigenvalue weighted by Gasteiger charge is -2.25. The minimum absolute atomic E-state index is 0.832. The molecule has 1 aliphatic heterocycles. The summed E-state index contributed by atoms with van der Waals surface area (Å²) in [5.41, 5.74) is 0. The Balaban J connectivity index is 2.23. The minimum atomic E-state index is 0.832. The van der Waals surface area contributed by atoms with Gasteiger partial charge in [0.25, 0.3) is 0 Å². The fourth-order valence-electron chi connectivity index (χ4n) is 1.42. The van der Waals surface area contributed by atoms with Crippen molar-refractivity contribution in [3.63, 3.8) is 0 Å². The standard InChI is InChI=1S/C7H16N2/c1-7(2)9-5-3-8-4-6-9/h7-8H,3-6H2,1-2H3/p+2. The SMILES string of the molecule is CC(C)[NH+]1CC[NH2+]CC1. The minimum Gasteiger partial charge on any atom is -0.337 e. The summed E-state index contributed by atoms with van der Waals surface area (Å²) in [5, 5.41) is 2.41. The molecule has 2 nitrogen and oxygen atoms in total. The molecular formula is C7H18N2+2. The van der Waals surface area contributed by atoms with Gasteiger partial charge in [-0.1, -0.05) is 0 Å². The van der Waals surface area contributed by atoms with Crippen molar-refractivity contribution in [3.8, 4) is 0 Å². The molecule has 2 heteroatoms. The third-order valence-electron chi connectivity index (χ3n) is 2.16. The third-order valence-corrected chi connectivity index (χ3v) is 2.16. The van der Waals surface area contributed by atoms with Crippen molar-refractivity contribution in [3.05, 3.63) is 0 Å². The van der Waals surface area contributed by atoms with E-state index in [9.17, 15) is 0 Å². The van der Waals surface area contributed by atoms with Crippen molar-refractivity contribution in [2.24, 2.45) is 0 Å². The lowest BCUT2D eigenvalue weighted by atomic mass is 10.3. The van der Waals surface area contributed by atoms with Crippen LogP contribution in [0, 0.1) is 0 Å². The first-order valence-electron chi connectivity index (χ1n) is 3.97. The number of hydrogen-bond donors (Lipinski definition) is 2. The van der Waals surface area contributed by atoms with Gasteiger partial charge in [0.2, 0.25) is 0 Å². The van der Waals surface area contributed by atoms with Gasteiger partial charge in [-0.2, -0.15) is 0 Å². The molecule has 0 radical (unpaired) electrons. The number of hydrogen-bond acceptors (Lipinski definition) is 0. The second kappa shape index (κ2) is 3.18. The third kappa shape index (κ3) is 1.95. The van der Waals surface area contributed by atoms with Crippen LogP contribution in [0.4, 0.5) is 0 Å². The summed E-state index contributed by atoms with van der Waals surface area (Å²) in [7, 11) is 0. The van der Waals surface area contributed by atoms with Gasteiger partial charge in [-0.3, -0.25) is 0 Å². The molecule has 0 amide bonds. The Kier molecular flexibility index (Phi) is 2.49. The van der Waals surface area contributed by atoms with Crippen LogP contribution in [-0.2, 0) is 0 Å². The van der Waals surface area contributed by atoms with Gasteiger partial charge in [-0.15, -0.1) is 0 Å². The summed E-state index contributed by atoms with van der Waals surface area (Å²) in [4.78, 5) is 1.78. The highest BCUT2D eigenvalue weighted by molar-refractivity contribution is 4.38. The van der Waals surface area contributed by atoms with Crippen LogP contribution >= 0.6 is 0 Å². The highest BCUT2D eigenvalue weighted by atomic mass is 15.2. The van der Waals surface area contributed by atoms with E-state index < -0.39 is 0 Å². The van der Waals surface area contributed by atoms with Crippen molar-refractivity contribution in [1.29, 1.82) is 0 Å². The van der Waals surface area contributed by atoms with Crippen LogP contribution in [0.5, 0.6) is 0 Å². The van der Waals surface area contributed by atoms with Gasteiger partial charge in [0, 0.05) is 0 Å². The fourth-order valence-corrected chi connectivity index (χ4v) is 1.42. The Bertz CT molecular complexity index is 75.0. The molecule has 0 unspecified atom stereocenters. The van der Waals surface area contributed by atoms with Gasteiger partial charge in [0.1, 0.15) is 26.2 Å². The molecule has 1 aliphatic rings. The topological polar surface area (TPSA) is 21.1 Å². The van der Waals surface area contributed by atoms with E-state index in [1.54, 1.807) is 4.90 Å². The maximum Gasteiger partial charge on any atom is 0.127 e. The Hall–Kier alpha value is -0.0800. The van der Waals surface area contributed by atoms with Crippen LogP contribution in [0.25, 0.3) is 0 Å². The Morgan fingerprint density at radius 1 is 1.22 bits per heavy atom. The summed E-state index contributed by atoms with van der Waals surface area (Å²) in [5.74, 6) is 0. The van der Waals surface area contributed by atoms with Crippen LogP contribution in [0.3, 0.4) is 0 Å². The van der Waals surface area contributed by atoms with Crippen molar-refractivity contribution >= 4 is 0 Å². The Morgan fingerprint density at radius 3 is 2.11 bits per heavy atom. The number of nitrogens with one attached hydrogen (secondary N) is 1. The molecule has 0 bridgehead atoms. The first-order valence-corrected chi connectivity index (χ1v) is 3.97. The molecule has 1 heterocycles. The number of rotatable bonds is 1. The normalized spacial score (nSPS) is 23.0. The molecule has 1 rings (SSSR count). The van der Waals surface area contributed by atoms with E-state index in [1.165, 1.54) is 26.2 Å². The van der Waals surface area contributed by atoms with Crippen LogP contribution in [0.15, 0.2) is 0 Å². The van der Waals surface area contributed by atoms with Crippen molar-refractivity contribution in [2.75, 3.05) is 26.2 Å². The summed E-state index contributed by atoms with van der Waals surface area (Å²) in [6, 6.07) is 0.832.